The van der Waals surface area contributed by atoms with E-state index in [9.17, 15) is 5.11 Å². The van der Waals surface area contributed by atoms with Crippen molar-refractivity contribution in [1.82, 2.24) is 9.38 Å². The highest BCUT2D eigenvalue weighted by Gasteiger charge is 2.22. The summed E-state index contributed by atoms with van der Waals surface area (Å²) >= 11 is 7.29. The molecule has 146 valence electrons. The van der Waals surface area contributed by atoms with Gasteiger partial charge >= 0.3 is 0 Å². The summed E-state index contributed by atoms with van der Waals surface area (Å²) in [6, 6.07) is 26.9. The molecule has 0 unspecified atom stereocenters. The maximum Gasteiger partial charge on any atom is 0.237 e. The van der Waals surface area contributed by atoms with Crippen molar-refractivity contribution in [2.24, 2.45) is 10.2 Å². The zero-order valence-electron chi connectivity index (χ0n) is 15.6. The van der Waals surface area contributed by atoms with E-state index in [2.05, 4.69) is 10.2 Å². The summed E-state index contributed by atoms with van der Waals surface area (Å²) < 4.78 is 1.73. The lowest BCUT2D eigenvalue weighted by Crippen LogP contribution is -1.88. The van der Waals surface area contributed by atoms with E-state index in [1.165, 1.54) is 11.3 Å². The van der Waals surface area contributed by atoms with E-state index in [-0.39, 0.29) is 5.88 Å². The molecule has 0 aliphatic rings. The van der Waals surface area contributed by atoms with Gasteiger partial charge in [0.2, 0.25) is 10.9 Å². The van der Waals surface area contributed by atoms with Gasteiger partial charge in [0.15, 0.2) is 4.96 Å². The number of fused-ring (bicyclic) bond motifs is 1. The van der Waals surface area contributed by atoms with E-state index in [1.54, 1.807) is 28.7 Å². The van der Waals surface area contributed by atoms with Crippen molar-refractivity contribution in [2.45, 2.75) is 0 Å². The van der Waals surface area contributed by atoms with Crippen molar-refractivity contribution >= 4 is 38.6 Å². The molecule has 1 N–H and O–H groups in total. The summed E-state index contributed by atoms with van der Waals surface area (Å²) in [4.78, 5) is 5.45. The quantitative estimate of drug-likeness (QED) is 0.300. The molecule has 0 fully saturated rings. The zero-order valence-corrected chi connectivity index (χ0v) is 17.2. The Labute approximate surface area is 181 Å². The number of nitrogens with zero attached hydrogens (tertiary/aromatic N) is 4. The predicted molar refractivity (Wildman–Crippen MR) is 121 cm³/mol. The van der Waals surface area contributed by atoms with Crippen LogP contribution in [-0.4, -0.2) is 14.5 Å². The van der Waals surface area contributed by atoms with Gasteiger partial charge in [-0.15, -0.1) is 10.2 Å². The summed E-state index contributed by atoms with van der Waals surface area (Å²) in [5.41, 5.74) is 4.17. The molecule has 0 radical (unpaired) electrons. The van der Waals surface area contributed by atoms with Crippen molar-refractivity contribution in [3.8, 4) is 28.4 Å². The fraction of sp³-hybridized carbons (Fsp3) is 0. The summed E-state index contributed by atoms with van der Waals surface area (Å²) in [7, 11) is 0. The highest BCUT2D eigenvalue weighted by atomic mass is 35.5. The van der Waals surface area contributed by atoms with Gasteiger partial charge in [0.25, 0.3) is 0 Å². The third-order valence-electron chi connectivity index (χ3n) is 4.60. The Bertz CT molecular complexity index is 1360. The summed E-state index contributed by atoms with van der Waals surface area (Å²) in [5, 5.41) is 20.4. The highest BCUT2D eigenvalue weighted by Crippen LogP contribution is 2.44. The molecule has 5 rings (SSSR count). The molecule has 0 aliphatic heterocycles. The highest BCUT2D eigenvalue weighted by molar-refractivity contribution is 7.21. The van der Waals surface area contributed by atoms with Gasteiger partial charge in [-0.05, 0) is 18.2 Å². The third-order valence-corrected chi connectivity index (χ3v) is 5.75. The first-order chi connectivity index (χ1) is 14.7. The van der Waals surface area contributed by atoms with Crippen molar-refractivity contribution in [3.63, 3.8) is 0 Å². The minimum Gasteiger partial charge on any atom is -0.492 e. The monoisotopic (exact) mass is 430 g/mol. The summed E-state index contributed by atoms with van der Waals surface area (Å²) in [6.45, 7) is 0. The lowest BCUT2D eigenvalue weighted by molar-refractivity contribution is 0.451. The molecule has 5 aromatic rings. The first-order valence-corrected chi connectivity index (χ1v) is 10.4. The average Bonchev–Trinajstić information content (AvgIpc) is 3.30. The van der Waals surface area contributed by atoms with Gasteiger partial charge in [-0.25, -0.2) is 4.98 Å². The number of aromatic hydroxyl groups is 1. The maximum atomic E-state index is 11.0. The standard InChI is InChI=1S/C23H15ClN4OS/c24-17-12-7-13-18(14-17)26-27-21-22(29)28-20(16-10-5-2-6-11-16)19(25-23(28)30-21)15-8-3-1-4-9-15/h1-14,29H. The first kappa shape index (κ1) is 18.5. The van der Waals surface area contributed by atoms with Crippen molar-refractivity contribution in [1.29, 1.82) is 0 Å². The summed E-state index contributed by atoms with van der Waals surface area (Å²) in [6.07, 6.45) is 0. The van der Waals surface area contributed by atoms with Gasteiger partial charge in [0, 0.05) is 16.1 Å². The van der Waals surface area contributed by atoms with Gasteiger partial charge in [-0.2, -0.15) is 0 Å². The number of azo groups is 1. The second-order valence-electron chi connectivity index (χ2n) is 6.57. The molecule has 2 heterocycles. The Morgan fingerprint density at radius 3 is 2.23 bits per heavy atom. The van der Waals surface area contributed by atoms with Crippen LogP contribution in [0.1, 0.15) is 0 Å². The minimum atomic E-state index is 0.00862. The third kappa shape index (κ3) is 3.36. The summed E-state index contributed by atoms with van der Waals surface area (Å²) in [5.74, 6) is 0.00862. The van der Waals surface area contributed by atoms with Crippen LogP contribution in [0.5, 0.6) is 5.88 Å². The average molecular weight is 431 g/mol. The predicted octanol–water partition coefficient (Wildman–Crippen LogP) is 7.50. The number of hydrogen-bond donors (Lipinski definition) is 1. The van der Waals surface area contributed by atoms with E-state index in [0.717, 1.165) is 22.5 Å². The van der Waals surface area contributed by atoms with E-state index >= 15 is 0 Å². The number of aromatic nitrogens is 2. The topological polar surface area (TPSA) is 62.2 Å². The lowest BCUT2D eigenvalue weighted by Gasteiger charge is -2.05. The molecular formula is C23H15ClN4OS. The largest absolute Gasteiger partial charge is 0.492 e. The molecule has 0 atom stereocenters. The zero-order chi connectivity index (χ0) is 20.5. The number of rotatable bonds is 4. The molecule has 2 aromatic heterocycles. The normalized spacial score (nSPS) is 11.5. The fourth-order valence-electron chi connectivity index (χ4n) is 3.26. The smallest absolute Gasteiger partial charge is 0.237 e. The second-order valence-corrected chi connectivity index (χ2v) is 7.96. The van der Waals surface area contributed by atoms with E-state index < -0.39 is 0 Å². The number of thiazole rings is 1. The second kappa shape index (κ2) is 7.74. The SMILES string of the molecule is Oc1c(N=Nc2cccc(Cl)c2)sc2nc(-c3ccccc3)c(-c3ccccc3)n12. The Balaban J connectivity index is 1.68. The number of imidazole rings is 1. The van der Waals surface area contributed by atoms with Gasteiger partial charge in [0.1, 0.15) is 0 Å². The fourth-order valence-corrected chi connectivity index (χ4v) is 4.29. The Hall–Kier alpha value is -3.48. The van der Waals surface area contributed by atoms with Gasteiger partial charge in [0.05, 0.1) is 17.1 Å². The lowest BCUT2D eigenvalue weighted by atomic mass is 10.1. The van der Waals surface area contributed by atoms with Crippen molar-refractivity contribution in [3.05, 3.63) is 90.0 Å². The van der Waals surface area contributed by atoms with E-state index in [1.807, 2.05) is 60.7 Å². The minimum absolute atomic E-state index is 0.00862. The Morgan fingerprint density at radius 1 is 0.833 bits per heavy atom. The molecular weight excluding hydrogens is 416 g/mol. The van der Waals surface area contributed by atoms with Gasteiger partial charge in [-0.3, -0.25) is 4.40 Å². The molecule has 7 heteroatoms. The molecule has 0 spiro atoms. The molecule has 5 nitrogen and oxygen atoms in total. The van der Waals surface area contributed by atoms with Crippen LogP contribution < -0.4 is 0 Å². The number of hydrogen-bond acceptors (Lipinski definition) is 5. The van der Waals surface area contributed by atoms with Crippen molar-refractivity contribution in [2.75, 3.05) is 0 Å². The molecule has 0 saturated heterocycles. The van der Waals surface area contributed by atoms with Crippen LogP contribution in [0.3, 0.4) is 0 Å². The molecule has 0 saturated carbocycles. The Kier molecular flexibility index (Phi) is 4.78. The maximum absolute atomic E-state index is 11.0. The molecule has 0 aliphatic carbocycles. The van der Waals surface area contributed by atoms with Crippen LogP contribution in [0.15, 0.2) is 95.2 Å². The van der Waals surface area contributed by atoms with Crippen LogP contribution >= 0.6 is 22.9 Å². The van der Waals surface area contributed by atoms with Crippen molar-refractivity contribution < 1.29 is 5.11 Å². The van der Waals surface area contributed by atoms with E-state index in [0.29, 0.717) is 20.7 Å². The molecule has 30 heavy (non-hydrogen) atoms. The van der Waals surface area contributed by atoms with Gasteiger partial charge < -0.3 is 5.11 Å². The van der Waals surface area contributed by atoms with Crippen LogP contribution in [0.2, 0.25) is 5.02 Å². The molecule has 0 bridgehead atoms. The molecule has 3 aromatic carbocycles. The van der Waals surface area contributed by atoms with Gasteiger partial charge in [-0.1, -0.05) is 89.7 Å². The molecule has 0 amide bonds. The van der Waals surface area contributed by atoms with Crippen LogP contribution in [0.25, 0.3) is 27.5 Å². The first-order valence-electron chi connectivity index (χ1n) is 9.23. The number of halogens is 1. The van der Waals surface area contributed by atoms with Crippen LogP contribution in [0.4, 0.5) is 10.7 Å². The van der Waals surface area contributed by atoms with Crippen LogP contribution in [0, 0.1) is 0 Å². The Morgan fingerprint density at radius 2 is 1.53 bits per heavy atom. The van der Waals surface area contributed by atoms with Crippen LogP contribution in [-0.2, 0) is 0 Å². The van der Waals surface area contributed by atoms with E-state index in [4.69, 9.17) is 16.6 Å². The number of benzene rings is 3.